The predicted molar refractivity (Wildman–Crippen MR) is 81.5 cm³/mol. The first-order chi connectivity index (χ1) is 10.1. The molecule has 2 rings (SSSR count). The number of aliphatic hydroxyl groups is 1. The molecule has 3 unspecified atom stereocenters. The molecule has 1 aliphatic heterocycles. The zero-order valence-electron chi connectivity index (χ0n) is 12.6. The van der Waals surface area contributed by atoms with Gasteiger partial charge in [-0.2, -0.15) is 0 Å². The topological polar surface area (TPSA) is 70.6 Å². The second-order valence-electron chi connectivity index (χ2n) is 5.60. The monoisotopic (exact) mass is 292 g/mol. The molecular weight excluding hydrogens is 268 g/mol. The average molecular weight is 292 g/mol. The normalized spacial score (nSPS) is 22.8. The van der Waals surface area contributed by atoms with Crippen molar-refractivity contribution >= 4 is 5.91 Å². The number of carbonyl (C=O) groups excluding carboxylic acids is 1. The van der Waals surface area contributed by atoms with Crippen LogP contribution in [0.4, 0.5) is 0 Å². The van der Waals surface area contributed by atoms with E-state index in [2.05, 4.69) is 29.7 Å². The molecule has 21 heavy (non-hydrogen) atoms. The Labute approximate surface area is 125 Å². The molecule has 5 nitrogen and oxygen atoms in total. The van der Waals surface area contributed by atoms with Gasteiger partial charge in [-0.1, -0.05) is 19.1 Å². The van der Waals surface area contributed by atoms with Gasteiger partial charge in [-0.25, -0.2) is 0 Å². The van der Waals surface area contributed by atoms with Crippen molar-refractivity contribution in [1.82, 2.24) is 10.6 Å². The first kappa shape index (κ1) is 15.8. The summed E-state index contributed by atoms with van der Waals surface area (Å²) in [5.41, 5.74) is 1.24. The van der Waals surface area contributed by atoms with Crippen molar-refractivity contribution < 1.29 is 14.6 Å². The Balaban J connectivity index is 1.73. The van der Waals surface area contributed by atoms with Gasteiger partial charge in [0.15, 0.2) is 0 Å². The van der Waals surface area contributed by atoms with Gasteiger partial charge in [0.25, 0.3) is 0 Å². The highest BCUT2D eigenvalue weighted by Gasteiger charge is 2.27. The van der Waals surface area contributed by atoms with Gasteiger partial charge >= 0.3 is 0 Å². The van der Waals surface area contributed by atoms with Gasteiger partial charge in [0.05, 0.1) is 19.3 Å². The quantitative estimate of drug-likeness (QED) is 0.732. The Morgan fingerprint density at radius 2 is 2.19 bits per heavy atom. The van der Waals surface area contributed by atoms with Gasteiger partial charge in [-0.05, 0) is 36.5 Å². The van der Waals surface area contributed by atoms with Crippen molar-refractivity contribution in [2.75, 3.05) is 20.2 Å². The summed E-state index contributed by atoms with van der Waals surface area (Å²) in [6, 6.07) is 7.76. The summed E-state index contributed by atoms with van der Waals surface area (Å²) in [6.45, 7) is 3.28. The molecule has 1 aliphatic rings. The molecule has 1 fully saturated rings. The molecule has 1 aromatic carbocycles. The maximum atomic E-state index is 11.9. The smallest absolute Gasteiger partial charge is 0.237 e. The van der Waals surface area contributed by atoms with Crippen LogP contribution in [-0.4, -0.2) is 43.4 Å². The van der Waals surface area contributed by atoms with Crippen LogP contribution < -0.4 is 15.4 Å². The molecule has 1 saturated heterocycles. The lowest BCUT2D eigenvalue weighted by molar-refractivity contribution is -0.122. The fraction of sp³-hybridized carbons (Fsp3) is 0.562. The maximum Gasteiger partial charge on any atom is 0.237 e. The number of hydrogen-bond donors (Lipinski definition) is 3. The number of amides is 1. The van der Waals surface area contributed by atoms with Crippen molar-refractivity contribution in [2.45, 2.75) is 37.8 Å². The van der Waals surface area contributed by atoms with E-state index in [-0.39, 0.29) is 11.9 Å². The lowest BCUT2D eigenvalue weighted by Crippen LogP contribution is -2.40. The molecule has 0 bridgehead atoms. The second kappa shape index (κ2) is 7.43. The fourth-order valence-electron chi connectivity index (χ4n) is 2.55. The minimum Gasteiger partial charge on any atom is -0.497 e. The van der Waals surface area contributed by atoms with E-state index in [1.165, 1.54) is 5.56 Å². The van der Waals surface area contributed by atoms with Crippen LogP contribution in [0.5, 0.6) is 5.75 Å². The molecule has 3 atom stereocenters. The number of rotatable bonds is 6. The van der Waals surface area contributed by atoms with Gasteiger partial charge in [-0.3, -0.25) is 4.79 Å². The van der Waals surface area contributed by atoms with Gasteiger partial charge in [0, 0.05) is 13.1 Å². The van der Waals surface area contributed by atoms with Gasteiger partial charge in [-0.15, -0.1) is 0 Å². The Bertz CT molecular complexity index is 461. The molecule has 1 amide bonds. The first-order valence-corrected chi connectivity index (χ1v) is 7.43. The van der Waals surface area contributed by atoms with Crippen molar-refractivity contribution in [3.8, 4) is 5.75 Å². The number of aliphatic hydroxyl groups excluding tert-OH is 1. The van der Waals surface area contributed by atoms with E-state index in [1.54, 1.807) is 7.11 Å². The molecule has 0 aliphatic carbocycles. The van der Waals surface area contributed by atoms with Crippen molar-refractivity contribution in [1.29, 1.82) is 0 Å². The number of benzene rings is 1. The molecule has 0 saturated carbocycles. The van der Waals surface area contributed by atoms with Gasteiger partial charge in [0.1, 0.15) is 5.75 Å². The number of nitrogens with one attached hydrogen (secondary N) is 2. The molecule has 116 valence electrons. The van der Waals surface area contributed by atoms with Crippen LogP contribution in [-0.2, 0) is 4.79 Å². The van der Waals surface area contributed by atoms with Crippen LogP contribution in [0, 0.1) is 0 Å². The molecule has 5 heteroatoms. The zero-order valence-corrected chi connectivity index (χ0v) is 12.6. The SMILES string of the molecule is COc1ccc(C(C)CCNC(=O)C2CC(O)CN2)cc1. The van der Waals surface area contributed by atoms with Crippen LogP contribution in [0.3, 0.4) is 0 Å². The van der Waals surface area contributed by atoms with Crippen molar-refractivity contribution in [3.05, 3.63) is 29.8 Å². The van der Waals surface area contributed by atoms with E-state index in [0.29, 0.717) is 25.4 Å². The Hall–Kier alpha value is -1.59. The number of hydrogen-bond acceptors (Lipinski definition) is 4. The van der Waals surface area contributed by atoms with Crippen LogP contribution >= 0.6 is 0 Å². The number of methoxy groups -OCH3 is 1. The lowest BCUT2D eigenvalue weighted by Gasteiger charge is -2.15. The second-order valence-corrected chi connectivity index (χ2v) is 5.60. The molecule has 1 heterocycles. The zero-order chi connectivity index (χ0) is 15.2. The highest BCUT2D eigenvalue weighted by atomic mass is 16.5. The molecule has 0 radical (unpaired) electrons. The largest absolute Gasteiger partial charge is 0.497 e. The van der Waals surface area contributed by atoms with E-state index < -0.39 is 6.10 Å². The van der Waals surface area contributed by atoms with Crippen LogP contribution in [0.25, 0.3) is 0 Å². The summed E-state index contributed by atoms with van der Waals surface area (Å²) in [6.07, 6.45) is 0.978. The number of carbonyl (C=O) groups is 1. The van der Waals surface area contributed by atoms with Crippen LogP contribution in [0.15, 0.2) is 24.3 Å². The minimum absolute atomic E-state index is 0.0199. The van der Waals surface area contributed by atoms with E-state index >= 15 is 0 Å². The Morgan fingerprint density at radius 3 is 2.76 bits per heavy atom. The fourth-order valence-corrected chi connectivity index (χ4v) is 2.55. The van der Waals surface area contributed by atoms with Gasteiger partial charge < -0.3 is 20.5 Å². The summed E-state index contributed by atoms with van der Waals surface area (Å²) >= 11 is 0. The molecule has 0 spiro atoms. The highest BCUT2D eigenvalue weighted by Crippen LogP contribution is 2.21. The summed E-state index contributed by atoms with van der Waals surface area (Å²) < 4.78 is 5.14. The summed E-state index contributed by atoms with van der Waals surface area (Å²) in [7, 11) is 1.65. The van der Waals surface area contributed by atoms with E-state index in [1.807, 2.05) is 12.1 Å². The minimum atomic E-state index is -0.404. The van der Waals surface area contributed by atoms with E-state index in [9.17, 15) is 9.90 Å². The van der Waals surface area contributed by atoms with Crippen molar-refractivity contribution in [2.24, 2.45) is 0 Å². The molecular formula is C16H24N2O3. The van der Waals surface area contributed by atoms with E-state index in [0.717, 1.165) is 12.2 Å². The summed E-state index contributed by atoms with van der Waals surface area (Å²) in [5, 5.41) is 15.3. The van der Waals surface area contributed by atoms with Crippen LogP contribution in [0.1, 0.15) is 31.2 Å². The average Bonchev–Trinajstić information content (AvgIpc) is 2.94. The predicted octanol–water partition coefficient (Wildman–Crippen LogP) is 1.03. The Kier molecular flexibility index (Phi) is 5.59. The number of ether oxygens (including phenoxy) is 1. The number of β-amino-alcohol motifs (C(OH)–C–C–N with tert-alkyl or cyclic N) is 1. The third-order valence-electron chi connectivity index (χ3n) is 3.99. The molecule has 1 aromatic rings. The third-order valence-corrected chi connectivity index (χ3v) is 3.99. The highest BCUT2D eigenvalue weighted by molar-refractivity contribution is 5.82. The lowest BCUT2D eigenvalue weighted by atomic mass is 9.98. The summed E-state index contributed by atoms with van der Waals surface area (Å²) in [4.78, 5) is 11.9. The van der Waals surface area contributed by atoms with E-state index in [4.69, 9.17) is 4.74 Å². The first-order valence-electron chi connectivity index (χ1n) is 7.43. The summed E-state index contributed by atoms with van der Waals surface area (Å²) in [5.74, 6) is 1.21. The van der Waals surface area contributed by atoms with Crippen molar-refractivity contribution in [3.63, 3.8) is 0 Å². The molecule has 3 N–H and O–H groups in total. The molecule has 0 aromatic heterocycles. The third kappa shape index (κ3) is 4.44. The van der Waals surface area contributed by atoms with Gasteiger partial charge in [0.2, 0.25) is 5.91 Å². The van der Waals surface area contributed by atoms with Crippen LogP contribution in [0.2, 0.25) is 0 Å². The Morgan fingerprint density at radius 1 is 1.48 bits per heavy atom. The maximum absolute atomic E-state index is 11.9. The standard InChI is InChI=1S/C16H24N2O3/c1-11(12-3-5-14(21-2)6-4-12)7-8-17-16(20)15-9-13(19)10-18-15/h3-6,11,13,15,18-19H,7-10H2,1-2H3,(H,17,20).